The Morgan fingerprint density at radius 2 is 1.65 bits per heavy atom. The molecule has 154 valence electrons. The highest BCUT2D eigenvalue weighted by atomic mass is 16.6. The van der Waals surface area contributed by atoms with Gasteiger partial charge in [0.25, 0.3) is 11.2 Å². The number of non-ortho nitro benzene ring substituents is 1. The second-order valence-corrected chi connectivity index (χ2v) is 7.11. The Balaban J connectivity index is 1.84. The number of aryl methyl sites for hydroxylation is 2. The van der Waals surface area contributed by atoms with Crippen LogP contribution in [0.1, 0.15) is 11.1 Å². The molecular weight excluding hydrogens is 394 g/mol. The van der Waals surface area contributed by atoms with Crippen LogP contribution in [-0.4, -0.2) is 14.7 Å². The van der Waals surface area contributed by atoms with Crippen molar-refractivity contribution in [2.75, 3.05) is 0 Å². The van der Waals surface area contributed by atoms with Crippen molar-refractivity contribution in [2.45, 2.75) is 13.8 Å². The summed E-state index contributed by atoms with van der Waals surface area (Å²) in [6, 6.07) is 20.8. The fourth-order valence-corrected chi connectivity index (χ4v) is 3.25. The summed E-state index contributed by atoms with van der Waals surface area (Å²) in [7, 11) is 0. The number of nitrogens with one attached hydrogen (secondary N) is 1. The molecule has 0 spiro atoms. The van der Waals surface area contributed by atoms with Gasteiger partial charge in [-0.1, -0.05) is 48.0 Å². The molecular formula is C23H19N5O3. The molecule has 0 radical (unpaired) electrons. The van der Waals surface area contributed by atoms with E-state index in [4.69, 9.17) is 0 Å². The third-order valence-electron chi connectivity index (χ3n) is 4.86. The van der Waals surface area contributed by atoms with Crippen LogP contribution >= 0.6 is 0 Å². The molecule has 0 saturated carbocycles. The van der Waals surface area contributed by atoms with Crippen LogP contribution in [0.15, 0.2) is 87.8 Å². The average molecular weight is 413 g/mol. The third kappa shape index (κ3) is 4.04. The lowest BCUT2D eigenvalue weighted by molar-refractivity contribution is -0.384. The summed E-state index contributed by atoms with van der Waals surface area (Å²) in [6.07, 6.45) is 0. The minimum Gasteiger partial charge on any atom is -0.288 e. The molecule has 0 atom stereocenters. The summed E-state index contributed by atoms with van der Waals surface area (Å²) < 4.78 is 1.31. The number of hydrogen-bond acceptors (Lipinski definition) is 5. The summed E-state index contributed by atoms with van der Waals surface area (Å²) in [6.45, 7) is 3.93. The van der Waals surface area contributed by atoms with E-state index in [0.29, 0.717) is 17.1 Å². The van der Waals surface area contributed by atoms with Gasteiger partial charge < -0.3 is 0 Å². The molecule has 0 saturated heterocycles. The van der Waals surface area contributed by atoms with Gasteiger partial charge >= 0.3 is 0 Å². The van der Waals surface area contributed by atoms with E-state index in [1.807, 2.05) is 62.4 Å². The Kier molecular flexibility index (Phi) is 5.28. The second-order valence-electron chi connectivity index (χ2n) is 7.11. The van der Waals surface area contributed by atoms with Crippen LogP contribution in [0, 0.1) is 24.0 Å². The predicted molar refractivity (Wildman–Crippen MR) is 119 cm³/mol. The molecule has 0 amide bonds. The van der Waals surface area contributed by atoms with Crippen LogP contribution < -0.4 is 5.56 Å². The van der Waals surface area contributed by atoms with E-state index < -0.39 is 10.5 Å². The maximum absolute atomic E-state index is 13.2. The summed E-state index contributed by atoms with van der Waals surface area (Å²) >= 11 is 0. The van der Waals surface area contributed by atoms with Gasteiger partial charge in [-0.3, -0.25) is 20.0 Å². The number of azo groups is 1. The summed E-state index contributed by atoms with van der Waals surface area (Å²) in [4.78, 5) is 23.6. The van der Waals surface area contributed by atoms with Gasteiger partial charge in [0, 0.05) is 17.7 Å². The van der Waals surface area contributed by atoms with Gasteiger partial charge in [-0.2, -0.15) is 5.11 Å². The summed E-state index contributed by atoms with van der Waals surface area (Å²) in [5, 5.41) is 22.6. The van der Waals surface area contributed by atoms with E-state index in [0.717, 1.165) is 16.7 Å². The van der Waals surface area contributed by atoms with Crippen LogP contribution in [0.25, 0.3) is 16.9 Å². The van der Waals surface area contributed by atoms with Gasteiger partial charge in [0.2, 0.25) is 0 Å². The van der Waals surface area contributed by atoms with Crippen molar-refractivity contribution >= 4 is 17.1 Å². The van der Waals surface area contributed by atoms with Crippen LogP contribution in [0.2, 0.25) is 0 Å². The lowest BCUT2D eigenvalue weighted by atomic mass is 10.1. The van der Waals surface area contributed by atoms with Crippen molar-refractivity contribution in [1.29, 1.82) is 0 Å². The Labute approximate surface area is 177 Å². The molecule has 1 heterocycles. The normalized spacial score (nSPS) is 11.2. The van der Waals surface area contributed by atoms with Gasteiger partial charge in [-0.15, -0.1) is 5.11 Å². The first-order valence-electron chi connectivity index (χ1n) is 9.58. The molecule has 31 heavy (non-hydrogen) atoms. The first kappa shape index (κ1) is 20.0. The SMILES string of the molecule is Cc1ccc(N=Nc2c(-c3ccccc3)[nH]n(-c3ccc([N+](=O)[O-])cc3)c2=O)c(C)c1. The van der Waals surface area contributed by atoms with Crippen molar-refractivity contribution in [1.82, 2.24) is 9.78 Å². The minimum atomic E-state index is -0.486. The molecule has 0 aliphatic rings. The zero-order valence-electron chi connectivity index (χ0n) is 16.9. The number of benzene rings is 3. The molecule has 4 rings (SSSR count). The quantitative estimate of drug-likeness (QED) is 0.255. The highest BCUT2D eigenvalue weighted by Crippen LogP contribution is 2.29. The van der Waals surface area contributed by atoms with Gasteiger partial charge in [0.15, 0.2) is 5.69 Å². The van der Waals surface area contributed by atoms with Crippen molar-refractivity contribution in [3.05, 3.63) is 104 Å². The Hall–Kier alpha value is -4.33. The lowest BCUT2D eigenvalue weighted by Gasteiger charge is -2.02. The zero-order valence-corrected chi connectivity index (χ0v) is 16.9. The molecule has 1 N–H and O–H groups in total. The molecule has 4 aromatic rings. The standard InChI is InChI=1S/C23H19N5O3/c1-15-8-13-20(16(2)14-15)24-25-22-21(17-6-4-3-5-7-17)26-27(23(22)29)18-9-11-19(12-10-18)28(30)31/h3-14,26H,1-2H3. The highest BCUT2D eigenvalue weighted by Gasteiger charge is 2.17. The molecule has 1 aromatic heterocycles. The molecule has 0 aliphatic carbocycles. The average Bonchev–Trinajstić information content (AvgIpc) is 3.10. The molecule has 0 bridgehead atoms. The fraction of sp³-hybridized carbons (Fsp3) is 0.0870. The third-order valence-corrected chi connectivity index (χ3v) is 4.86. The number of hydrogen-bond donors (Lipinski definition) is 1. The van der Waals surface area contributed by atoms with Crippen molar-refractivity contribution in [2.24, 2.45) is 10.2 Å². The molecule has 0 aliphatic heterocycles. The zero-order chi connectivity index (χ0) is 22.0. The summed E-state index contributed by atoms with van der Waals surface area (Å²) in [5.41, 5.74) is 4.19. The van der Waals surface area contributed by atoms with Crippen LogP contribution in [0.5, 0.6) is 0 Å². The molecule has 8 nitrogen and oxygen atoms in total. The molecule has 8 heteroatoms. The van der Waals surface area contributed by atoms with Crippen molar-refractivity contribution in [3.63, 3.8) is 0 Å². The number of rotatable bonds is 5. The van der Waals surface area contributed by atoms with Gasteiger partial charge in [0.1, 0.15) is 0 Å². The number of aromatic nitrogens is 2. The maximum Gasteiger partial charge on any atom is 0.299 e. The minimum absolute atomic E-state index is 0.0543. The summed E-state index contributed by atoms with van der Waals surface area (Å²) in [5.74, 6) is 0. The Morgan fingerprint density at radius 1 is 0.935 bits per heavy atom. The van der Waals surface area contributed by atoms with Crippen molar-refractivity contribution in [3.8, 4) is 16.9 Å². The number of nitro benzene ring substituents is 1. The van der Waals surface area contributed by atoms with Gasteiger partial charge in [-0.25, -0.2) is 4.68 Å². The Morgan fingerprint density at radius 3 is 2.29 bits per heavy atom. The van der Waals surface area contributed by atoms with Crippen LogP contribution in [-0.2, 0) is 0 Å². The largest absolute Gasteiger partial charge is 0.299 e. The first-order valence-corrected chi connectivity index (χ1v) is 9.58. The van der Waals surface area contributed by atoms with E-state index in [9.17, 15) is 14.9 Å². The van der Waals surface area contributed by atoms with Crippen molar-refractivity contribution < 1.29 is 4.92 Å². The maximum atomic E-state index is 13.2. The second kappa shape index (κ2) is 8.19. The smallest absolute Gasteiger partial charge is 0.288 e. The topological polar surface area (TPSA) is 106 Å². The number of aromatic amines is 1. The number of nitrogens with zero attached hydrogens (tertiary/aromatic N) is 4. The van der Waals surface area contributed by atoms with Gasteiger partial charge in [-0.05, 0) is 37.6 Å². The molecule has 3 aromatic carbocycles. The number of H-pyrrole nitrogens is 1. The monoisotopic (exact) mass is 413 g/mol. The first-order chi connectivity index (χ1) is 14.9. The van der Waals surface area contributed by atoms with E-state index in [2.05, 4.69) is 15.3 Å². The molecule has 0 fully saturated rings. The fourth-order valence-electron chi connectivity index (χ4n) is 3.25. The van der Waals surface area contributed by atoms with E-state index >= 15 is 0 Å². The highest BCUT2D eigenvalue weighted by molar-refractivity contribution is 5.72. The number of nitro groups is 1. The van der Waals surface area contributed by atoms with Gasteiger partial charge in [0.05, 0.1) is 22.0 Å². The van der Waals surface area contributed by atoms with E-state index in [1.54, 1.807) is 0 Å². The van der Waals surface area contributed by atoms with Crippen LogP contribution in [0.3, 0.4) is 0 Å². The van der Waals surface area contributed by atoms with E-state index in [1.165, 1.54) is 28.9 Å². The van der Waals surface area contributed by atoms with E-state index in [-0.39, 0.29) is 11.4 Å². The Bertz CT molecular complexity index is 1340. The van der Waals surface area contributed by atoms with Crippen LogP contribution in [0.4, 0.5) is 17.1 Å². The molecule has 0 unspecified atom stereocenters. The lowest BCUT2D eigenvalue weighted by Crippen LogP contribution is -2.13. The predicted octanol–water partition coefficient (Wildman–Crippen LogP) is 5.77.